The molecule has 1 aromatic rings. The summed E-state index contributed by atoms with van der Waals surface area (Å²) >= 11 is 0. The lowest BCUT2D eigenvalue weighted by molar-refractivity contribution is 0.253. The predicted octanol–water partition coefficient (Wildman–Crippen LogP) is 2.65. The van der Waals surface area contributed by atoms with Crippen LogP contribution in [-0.2, 0) is 0 Å². The highest BCUT2D eigenvalue weighted by Gasteiger charge is 2.26. The molecule has 1 aromatic carbocycles. The summed E-state index contributed by atoms with van der Waals surface area (Å²) in [5.41, 5.74) is 9.98. The highest BCUT2D eigenvalue weighted by Crippen LogP contribution is 2.29. The Hall–Kier alpha value is -0.860. The summed E-state index contributed by atoms with van der Waals surface area (Å²) in [7, 11) is 0. The molecule has 0 amide bonds. The molecule has 2 nitrogen and oxygen atoms in total. The number of nitrogens with zero attached hydrogens (tertiary/aromatic N) is 1. The molecule has 0 aromatic heterocycles. The summed E-state index contributed by atoms with van der Waals surface area (Å²) in [5, 5.41) is 0. The van der Waals surface area contributed by atoms with Gasteiger partial charge in [0.15, 0.2) is 0 Å². The van der Waals surface area contributed by atoms with E-state index in [-0.39, 0.29) is 0 Å². The van der Waals surface area contributed by atoms with Gasteiger partial charge in [0.25, 0.3) is 0 Å². The molecule has 0 bridgehead atoms. The molecule has 0 radical (unpaired) electrons. The van der Waals surface area contributed by atoms with E-state index >= 15 is 0 Å². The van der Waals surface area contributed by atoms with Gasteiger partial charge in [-0.2, -0.15) is 0 Å². The van der Waals surface area contributed by atoms with Gasteiger partial charge in [0, 0.05) is 12.6 Å². The fourth-order valence-corrected chi connectivity index (χ4v) is 2.90. The van der Waals surface area contributed by atoms with Crippen LogP contribution in [0.5, 0.6) is 0 Å². The molecule has 17 heavy (non-hydrogen) atoms. The monoisotopic (exact) mass is 232 g/mol. The summed E-state index contributed by atoms with van der Waals surface area (Å²) in [6.45, 7) is 9.87. The summed E-state index contributed by atoms with van der Waals surface area (Å²) in [5.74, 6) is 0.697. The first-order valence-electron chi connectivity index (χ1n) is 6.63. The van der Waals surface area contributed by atoms with Crippen molar-refractivity contribution in [3.05, 3.63) is 34.9 Å². The maximum Gasteiger partial charge on any atom is 0.0322 e. The number of hydrogen-bond donors (Lipinski definition) is 1. The molecule has 1 aliphatic heterocycles. The smallest absolute Gasteiger partial charge is 0.0322 e. The second-order valence-corrected chi connectivity index (χ2v) is 5.42. The molecule has 0 spiro atoms. The first kappa shape index (κ1) is 12.6. The van der Waals surface area contributed by atoms with Gasteiger partial charge in [-0.1, -0.05) is 23.8 Å². The van der Waals surface area contributed by atoms with E-state index in [1.165, 1.54) is 29.7 Å². The van der Waals surface area contributed by atoms with E-state index < -0.39 is 0 Å². The van der Waals surface area contributed by atoms with E-state index in [9.17, 15) is 0 Å². The standard InChI is InChI=1S/C15H24N2/c1-11-4-5-15(12(2)8-11)13(3)17-7-6-14(9-16)10-17/h4-5,8,13-14H,6-7,9-10,16H2,1-3H3. The van der Waals surface area contributed by atoms with Crippen LogP contribution in [0.25, 0.3) is 0 Å². The Morgan fingerprint density at radius 2 is 2.18 bits per heavy atom. The Morgan fingerprint density at radius 3 is 2.76 bits per heavy atom. The van der Waals surface area contributed by atoms with Crippen molar-refractivity contribution in [2.45, 2.75) is 33.2 Å². The SMILES string of the molecule is Cc1ccc(C(C)N2CCC(CN)C2)c(C)c1. The third-order valence-electron chi connectivity index (χ3n) is 4.07. The first-order valence-corrected chi connectivity index (χ1v) is 6.63. The third kappa shape index (κ3) is 2.70. The second kappa shape index (κ2) is 5.19. The normalized spacial score (nSPS) is 22.9. The number of benzene rings is 1. The number of rotatable bonds is 3. The highest BCUT2D eigenvalue weighted by molar-refractivity contribution is 5.32. The van der Waals surface area contributed by atoms with Crippen molar-refractivity contribution < 1.29 is 0 Å². The maximum atomic E-state index is 5.76. The highest BCUT2D eigenvalue weighted by atomic mass is 15.2. The quantitative estimate of drug-likeness (QED) is 0.868. The van der Waals surface area contributed by atoms with Gasteiger partial charge in [-0.15, -0.1) is 0 Å². The Bertz CT molecular complexity index is 387. The minimum Gasteiger partial charge on any atom is -0.330 e. The van der Waals surface area contributed by atoms with Gasteiger partial charge < -0.3 is 5.73 Å². The molecule has 2 atom stereocenters. The van der Waals surface area contributed by atoms with Crippen LogP contribution in [-0.4, -0.2) is 24.5 Å². The van der Waals surface area contributed by atoms with Crippen LogP contribution in [0.1, 0.15) is 36.1 Å². The van der Waals surface area contributed by atoms with Crippen LogP contribution in [0.4, 0.5) is 0 Å². The topological polar surface area (TPSA) is 29.3 Å². The zero-order valence-electron chi connectivity index (χ0n) is 11.2. The average Bonchev–Trinajstić information content (AvgIpc) is 2.76. The Kier molecular flexibility index (Phi) is 3.85. The number of likely N-dealkylation sites (tertiary alicyclic amines) is 1. The fourth-order valence-electron chi connectivity index (χ4n) is 2.90. The molecule has 2 N–H and O–H groups in total. The lowest BCUT2D eigenvalue weighted by Gasteiger charge is -2.26. The van der Waals surface area contributed by atoms with Crippen molar-refractivity contribution in [1.82, 2.24) is 4.90 Å². The molecule has 94 valence electrons. The lowest BCUT2D eigenvalue weighted by atomic mass is 9.99. The van der Waals surface area contributed by atoms with Gasteiger partial charge >= 0.3 is 0 Å². The second-order valence-electron chi connectivity index (χ2n) is 5.42. The summed E-state index contributed by atoms with van der Waals surface area (Å²) in [6.07, 6.45) is 1.26. The van der Waals surface area contributed by atoms with E-state index in [0.29, 0.717) is 12.0 Å². The molecule has 0 saturated carbocycles. The van der Waals surface area contributed by atoms with Gasteiger partial charge in [-0.05, 0) is 57.3 Å². The lowest BCUT2D eigenvalue weighted by Crippen LogP contribution is -2.26. The average molecular weight is 232 g/mol. The van der Waals surface area contributed by atoms with E-state index in [2.05, 4.69) is 43.9 Å². The molecule has 2 unspecified atom stereocenters. The third-order valence-corrected chi connectivity index (χ3v) is 4.07. The minimum absolute atomic E-state index is 0.521. The van der Waals surface area contributed by atoms with Crippen molar-refractivity contribution in [2.75, 3.05) is 19.6 Å². The van der Waals surface area contributed by atoms with Crippen LogP contribution in [0.3, 0.4) is 0 Å². The molecule has 1 fully saturated rings. The van der Waals surface area contributed by atoms with Gasteiger partial charge in [0.05, 0.1) is 0 Å². The van der Waals surface area contributed by atoms with Crippen LogP contribution < -0.4 is 5.73 Å². The van der Waals surface area contributed by atoms with Crippen LogP contribution in [0.15, 0.2) is 18.2 Å². The molecule has 2 heteroatoms. The van der Waals surface area contributed by atoms with Crippen LogP contribution >= 0.6 is 0 Å². The molecule has 2 rings (SSSR count). The van der Waals surface area contributed by atoms with Crippen LogP contribution in [0, 0.1) is 19.8 Å². The predicted molar refractivity (Wildman–Crippen MR) is 73.1 cm³/mol. The van der Waals surface area contributed by atoms with Crippen LogP contribution in [0.2, 0.25) is 0 Å². The number of nitrogens with two attached hydrogens (primary N) is 1. The molecule has 1 aliphatic rings. The van der Waals surface area contributed by atoms with Crippen molar-refractivity contribution in [3.63, 3.8) is 0 Å². The molecule has 1 saturated heterocycles. The van der Waals surface area contributed by atoms with Gasteiger partial charge in [0.1, 0.15) is 0 Å². The van der Waals surface area contributed by atoms with E-state index in [1.54, 1.807) is 0 Å². The fraction of sp³-hybridized carbons (Fsp3) is 0.600. The van der Waals surface area contributed by atoms with Gasteiger partial charge in [0.2, 0.25) is 0 Å². The molecular formula is C15H24N2. The first-order chi connectivity index (χ1) is 8.11. The summed E-state index contributed by atoms with van der Waals surface area (Å²) < 4.78 is 0. The Labute approximate surface area is 105 Å². The zero-order chi connectivity index (χ0) is 12.4. The Morgan fingerprint density at radius 1 is 1.41 bits per heavy atom. The molecule has 1 heterocycles. The number of hydrogen-bond acceptors (Lipinski definition) is 2. The van der Waals surface area contributed by atoms with E-state index in [1.807, 2.05) is 0 Å². The van der Waals surface area contributed by atoms with E-state index in [4.69, 9.17) is 5.73 Å². The van der Waals surface area contributed by atoms with Gasteiger partial charge in [-0.3, -0.25) is 4.90 Å². The zero-order valence-corrected chi connectivity index (χ0v) is 11.2. The summed E-state index contributed by atoms with van der Waals surface area (Å²) in [4.78, 5) is 2.56. The minimum atomic E-state index is 0.521. The van der Waals surface area contributed by atoms with E-state index in [0.717, 1.165) is 13.1 Å². The maximum absolute atomic E-state index is 5.76. The summed E-state index contributed by atoms with van der Waals surface area (Å²) in [6, 6.07) is 7.30. The molecule has 0 aliphatic carbocycles. The number of aryl methyl sites for hydroxylation is 2. The van der Waals surface area contributed by atoms with Crippen molar-refractivity contribution in [3.8, 4) is 0 Å². The van der Waals surface area contributed by atoms with Gasteiger partial charge in [-0.25, -0.2) is 0 Å². The van der Waals surface area contributed by atoms with Crippen molar-refractivity contribution >= 4 is 0 Å². The van der Waals surface area contributed by atoms with Crippen molar-refractivity contribution in [1.29, 1.82) is 0 Å². The largest absolute Gasteiger partial charge is 0.330 e. The Balaban J connectivity index is 2.12. The molecular weight excluding hydrogens is 208 g/mol. The van der Waals surface area contributed by atoms with Crippen molar-refractivity contribution in [2.24, 2.45) is 11.7 Å².